The summed E-state index contributed by atoms with van der Waals surface area (Å²) >= 11 is 0. The highest BCUT2D eigenvalue weighted by Crippen LogP contribution is 2.57. The smallest absolute Gasteiger partial charge is 0.307 e. The SMILES string of the molecule is CC(=O)OCCOC(=O)CC(C)(c1ccc(OP2Cc3cccc4cccc(c34)N2)c(C(C)(C)C)c1)c1ccc(OP2Nc3cccc4cccc(c34)N2)c(C(C)(C)C)c1.CCC(C)(c1ccc(OP2Cc3cccc4cccc(c34)N2)c(C(C)(C)C)c1)c1ccc(OP2Nc3cccc4cccc(c34)N2)c(C(C)(C)C)c1. The summed E-state index contributed by atoms with van der Waals surface area (Å²) in [6.45, 7) is 34.9. The maximum absolute atomic E-state index is 13.8. The number of hydrogen-bond donors (Lipinski definition) is 6. The van der Waals surface area contributed by atoms with Crippen LogP contribution in [0.4, 0.5) is 34.1 Å². The van der Waals surface area contributed by atoms with Crippen molar-refractivity contribution in [2.24, 2.45) is 0 Å². The lowest BCUT2D eigenvalue weighted by atomic mass is 9.70. The van der Waals surface area contributed by atoms with Crippen molar-refractivity contribution in [2.45, 2.75) is 168 Å². The summed E-state index contributed by atoms with van der Waals surface area (Å²) in [5.41, 5.74) is 16.2. The van der Waals surface area contributed by atoms with Gasteiger partial charge in [0.2, 0.25) is 0 Å². The van der Waals surface area contributed by atoms with Crippen molar-refractivity contribution >= 4 is 123 Å². The molecule has 4 unspecified atom stereocenters. The molecule has 576 valence electrons. The fraction of sp³-hybridized carbons (Fsp3) is 0.298. The summed E-state index contributed by atoms with van der Waals surface area (Å²) in [5.74, 6) is 2.63. The topological polar surface area (TPSA) is 162 Å². The lowest BCUT2D eigenvalue weighted by Crippen LogP contribution is -2.30. The van der Waals surface area contributed by atoms with Crippen molar-refractivity contribution in [3.05, 3.63) is 274 Å². The summed E-state index contributed by atoms with van der Waals surface area (Å²) < 4.78 is 38.3. The van der Waals surface area contributed by atoms with E-state index in [2.05, 4.69) is 347 Å². The molecule has 0 saturated heterocycles. The largest absolute Gasteiger partial charge is 0.462 e. The van der Waals surface area contributed by atoms with Crippen LogP contribution >= 0.6 is 33.5 Å². The molecule has 4 aliphatic heterocycles. The van der Waals surface area contributed by atoms with Crippen LogP contribution < -0.4 is 48.6 Å². The molecule has 0 saturated carbocycles. The summed E-state index contributed by atoms with van der Waals surface area (Å²) in [6.07, 6.45) is 2.66. The maximum Gasteiger partial charge on any atom is 0.307 e. The number of esters is 2. The van der Waals surface area contributed by atoms with Crippen LogP contribution in [0.2, 0.25) is 0 Å². The summed E-state index contributed by atoms with van der Waals surface area (Å²) in [6, 6.07) is 77.6. The Morgan fingerprint density at radius 3 is 0.938 bits per heavy atom. The van der Waals surface area contributed by atoms with Crippen LogP contribution in [0, 0.1) is 0 Å². The van der Waals surface area contributed by atoms with E-state index in [1.54, 1.807) is 0 Å². The van der Waals surface area contributed by atoms with Crippen LogP contribution in [0.15, 0.2) is 218 Å². The Bertz CT molecular complexity index is 5150. The Morgan fingerprint density at radius 2 is 0.625 bits per heavy atom. The molecule has 18 heteroatoms. The molecule has 0 radical (unpaired) electrons. The zero-order valence-electron chi connectivity index (χ0n) is 67.1. The molecule has 12 aromatic carbocycles. The zero-order chi connectivity index (χ0) is 78.8. The molecule has 4 atom stereocenters. The Labute approximate surface area is 664 Å². The van der Waals surface area contributed by atoms with Gasteiger partial charge in [0.05, 0.1) is 29.2 Å². The lowest BCUT2D eigenvalue weighted by molar-refractivity contribution is -0.151. The van der Waals surface area contributed by atoms with Crippen molar-refractivity contribution in [1.82, 2.24) is 0 Å². The van der Waals surface area contributed by atoms with E-state index >= 15 is 0 Å². The van der Waals surface area contributed by atoms with Gasteiger partial charge in [0.1, 0.15) is 36.2 Å². The van der Waals surface area contributed by atoms with Gasteiger partial charge in [-0.25, -0.2) is 0 Å². The lowest BCUT2D eigenvalue weighted by Gasteiger charge is -2.35. The monoisotopic (exact) mass is 1570 g/mol. The molecule has 14 nitrogen and oxygen atoms in total. The van der Waals surface area contributed by atoms with E-state index in [-0.39, 0.29) is 46.7 Å². The van der Waals surface area contributed by atoms with E-state index in [4.69, 9.17) is 27.6 Å². The van der Waals surface area contributed by atoms with Gasteiger partial charge in [0, 0.05) is 85.3 Å². The third-order valence-electron chi connectivity index (χ3n) is 22.1. The van der Waals surface area contributed by atoms with Gasteiger partial charge in [-0.3, -0.25) is 9.59 Å². The van der Waals surface area contributed by atoms with Crippen LogP contribution in [-0.4, -0.2) is 25.2 Å². The van der Waals surface area contributed by atoms with Gasteiger partial charge in [-0.2, -0.15) is 0 Å². The molecule has 0 spiro atoms. The third-order valence-corrected chi connectivity index (χ3v) is 27.8. The average molecular weight is 1570 g/mol. The Balaban J connectivity index is 0.000000179. The molecule has 6 N–H and O–H groups in total. The van der Waals surface area contributed by atoms with Crippen LogP contribution in [0.1, 0.15) is 179 Å². The highest BCUT2D eigenvalue weighted by Gasteiger charge is 2.39. The first-order valence-corrected chi connectivity index (χ1v) is 44.2. The summed E-state index contributed by atoms with van der Waals surface area (Å²) in [4.78, 5) is 25.2. The molecule has 0 aliphatic carbocycles. The first kappa shape index (κ1) is 77.7. The minimum absolute atomic E-state index is 0.00176. The summed E-state index contributed by atoms with van der Waals surface area (Å²) in [5, 5.41) is 31.8. The van der Waals surface area contributed by atoms with Gasteiger partial charge >= 0.3 is 28.8 Å². The van der Waals surface area contributed by atoms with Crippen molar-refractivity contribution in [1.29, 1.82) is 0 Å². The fourth-order valence-corrected chi connectivity index (χ4v) is 21.8. The highest BCUT2D eigenvalue weighted by molar-refractivity contribution is 7.57. The average Bonchev–Trinajstić information content (AvgIpc) is 0.775. The zero-order valence-corrected chi connectivity index (χ0v) is 70.7. The van der Waals surface area contributed by atoms with Gasteiger partial charge in [-0.15, -0.1) is 0 Å². The molecule has 0 fully saturated rings. The predicted molar refractivity (Wildman–Crippen MR) is 471 cm³/mol. The van der Waals surface area contributed by atoms with Crippen LogP contribution in [0.25, 0.3) is 43.1 Å². The molecule has 0 aromatic heterocycles. The number of anilines is 6. The van der Waals surface area contributed by atoms with Gasteiger partial charge in [-0.1, -0.05) is 262 Å². The van der Waals surface area contributed by atoms with Gasteiger partial charge in [0.25, 0.3) is 0 Å². The quantitative estimate of drug-likeness (QED) is 0.0273. The molecule has 112 heavy (non-hydrogen) atoms. The fourth-order valence-electron chi connectivity index (χ4n) is 15.9. The second kappa shape index (κ2) is 30.7. The minimum atomic E-state index is -1.31. The molecule has 16 rings (SSSR count). The second-order valence-corrected chi connectivity index (χ2v) is 39.8. The highest BCUT2D eigenvalue weighted by atomic mass is 31.2. The molecule has 0 bridgehead atoms. The van der Waals surface area contributed by atoms with Crippen molar-refractivity contribution in [3.63, 3.8) is 0 Å². The molecular weight excluding hydrogens is 1460 g/mol. The van der Waals surface area contributed by atoms with E-state index in [9.17, 15) is 9.59 Å². The van der Waals surface area contributed by atoms with Crippen molar-refractivity contribution < 1.29 is 37.2 Å². The number of ether oxygens (including phenoxy) is 2. The number of hydrogen-bond acceptors (Lipinski definition) is 14. The Morgan fingerprint density at radius 1 is 0.339 bits per heavy atom. The second-order valence-electron chi connectivity index (χ2n) is 34.4. The van der Waals surface area contributed by atoms with Gasteiger partial charge in [0.15, 0.2) is 16.6 Å². The first-order chi connectivity index (χ1) is 53.4. The molecule has 12 aromatic rings. The van der Waals surface area contributed by atoms with E-state index in [0.29, 0.717) is 0 Å². The molecular formula is C94H102N6O8P4. The van der Waals surface area contributed by atoms with Crippen LogP contribution in [0.5, 0.6) is 23.0 Å². The van der Waals surface area contributed by atoms with E-state index in [0.717, 1.165) is 103 Å². The minimum Gasteiger partial charge on any atom is -0.462 e. The summed E-state index contributed by atoms with van der Waals surface area (Å²) in [7, 11) is -4.49. The number of rotatable bonds is 18. The number of benzene rings is 12. The molecule has 4 aliphatic rings. The number of carbonyl (C=O) groups is 2. The van der Waals surface area contributed by atoms with Crippen LogP contribution in [0.3, 0.4) is 0 Å². The van der Waals surface area contributed by atoms with E-state index in [1.807, 2.05) is 6.07 Å². The number of carbonyl (C=O) groups excluding carboxylic acids is 2. The predicted octanol–water partition coefficient (Wildman–Crippen LogP) is 26.6. The third kappa shape index (κ3) is 15.9. The normalized spacial score (nSPS) is 16.3. The molecule has 4 heterocycles. The van der Waals surface area contributed by atoms with Crippen LogP contribution in [-0.2, 0) is 63.9 Å². The van der Waals surface area contributed by atoms with Gasteiger partial charge in [-0.05, 0) is 144 Å². The van der Waals surface area contributed by atoms with Crippen molar-refractivity contribution in [2.75, 3.05) is 43.7 Å². The molecule has 0 amide bonds. The Hall–Kier alpha value is -9.66. The Kier molecular flexibility index (Phi) is 21.3. The van der Waals surface area contributed by atoms with Gasteiger partial charge < -0.3 is 58.1 Å². The standard InChI is InChI=1S/C49H53N3O6P2.C45H49N3O2P2/c1-31(53)55-25-26-56-44(54)29-49(8,35-21-23-42(37(27-35)47(2,3)4)57-59-30-34-17-9-13-32-14-10-18-39(50-59)45(32)34)36-22-24-43(38(28-36)48(5,6)7)58-60-51-40-19-11-15-33-16-12-20-41(52-60)46(33)40;1-9-45(8,32-22-24-39(34(26-32)43(2,3)4)49-51-28-31-18-10-14-29-15-11-19-36(46-51)41(29)31)33-23-25-40(35(27-33)44(5,6)7)50-52-47-37-20-12-16-30-17-13-21-38(48-52)42(30)37/h9-24,27-28,50-52H,25-26,29-30H2,1-8H3;10-27,46-48H,9,28H2,1-8H3. The maximum atomic E-state index is 13.8. The van der Waals surface area contributed by atoms with Crippen molar-refractivity contribution in [3.8, 4) is 23.0 Å². The van der Waals surface area contributed by atoms with E-state index < -0.39 is 50.9 Å². The first-order valence-electron chi connectivity index (χ1n) is 38.8. The van der Waals surface area contributed by atoms with E-state index in [1.165, 1.54) is 78.3 Å². The number of nitrogens with one attached hydrogen (secondary N) is 6.